The van der Waals surface area contributed by atoms with Gasteiger partial charge in [0.15, 0.2) is 11.5 Å². The van der Waals surface area contributed by atoms with E-state index in [9.17, 15) is 0 Å². The van der Waals surface area contributed by atoms with E-state index in [-0.39, 0.29) is 0 Å². The molecule has 2 rings (SSSR count). The Kier molecular flexibility index (Phi) is 5.83. The van der Waals surface area contributed by atoms with Crippen LogP contribution in [0.25, 0.3) is 0 Å². The Bertz CT molecular complexity index is 528. The molecule has 108 valence electrons. The maximum absolute atomic E-state index is 5.80. The Balaban J connectivity index is 1.93. The van der Waals surface area contributed by atoms with Gasteiger partial charge in [0.1, 0.15) is 11.6 Å². The highest BCUT2D eigenvalue weighted by Gasteiger charge is 2.06. The summed E-state index contributed by atoms with van der Waals surface area (Å²) >= 11 is 1.62. The smallest absolute Gasteiger partial charge is 0.161 e. The molecule has 1 aromatic carbocycles. The highest BCUT2D eigenvalue weighted by Crippen LogP contribution is 2.27. The van der Waals surface area contributed by atoms with Crippen LogP contribution < -0.4 is 14.8 Å². The Morgan fingerprint density at radius 2 is 1.90 bits per heavy atom. The average Bonchev–Trinajstić information content (AvgIpc) is 2.92. The third kappa shape index (κ3) is 4.21. The molecule has 1 heterocycles. The van der Waals surface area contributed by atoms with Crippen LogP contribution in [0.1, 0.15) is 24.5 Å². The Morgan fingerprint density at radius 3 is 2.60 bits per heavy atom. The zero-order valence-electron chi connectivity index (χ0n) is 11.9. The van der Waals surface area contributed by atoms with E-state index in [4.69, 9.17) is 9.47 Å². The first-order valence-electron chi connectivity index (χ1n) is 6.82. The second-order valence-corrected chi connectivity index (χ2v) is 5.12. The number of ether oxygens (including phenoxy) is 2. The van der Waals surface area contributed by atoms with E-state index >= 15 is 0 Å². The van der Waals surface area contributed by atoms with Crippen molar-refractivity contribution in [1.29, 1.82) is 0 Å². The zero-order chi connectivity index (χ0) is 14.2. The van der Waals surface area contributed by atoms with Gasteiger partial charge in [-0.2, -0.15) is 0 Å². The molecule has 0 aliphatic rings. The van der Waals surface area contributed by atoms with Crippen molar-refractivity contribution in [3.63, 3.8) is 0 Å². The van der Waals surface area contributed by atoms with Gasteiger partial charge in [-0.3, -0.25) is 0 Å². The SMILES string of the molecule is CCNCc1csc(COc2ccccc2OCC)n1. The topological polar surface area (TPSA) is 43.4 Å². The summed E-state index contributed by atoms with van der Waals surface area (Å²) in [6, 6.07) is 7.71. The van der Waals surface area contributed by atoms with Crippen LogP contribution in [0.3, 0.4) is 0 Å². The van der Waals surface area contributed by atoms with Crippen LogP contribution in [0.5, 0.6) is 11.5 Å². The third-order valence-corrected chi connectivity index (χ3v) is 3.53. The number of rotatable bonds is 8. The van der Waals surface area contributed by atoms with Crippen LogP contribution in [0.15, 0.2) is 29.6 Å². The molecule has 5 heteroatoms. The van der Waals surface area contributed by atoms with Crippen molar-refractivity contribution < 1.29 is 9.47 Å². The lowest BCUT2D eigenvalue weighted by Gasteiger charge is -2.10. The van der Waals surface area contributed by atoms with E-state index in [1.165, 1.54) is 0 Å². The first-order valence-corrected chi connectivity index (χ1v) is 7.70. The molecule has 20 heavy (non-hydrogen) atoms. The summed E-state index contributed by atoms with van der Waals surface area (Å²) in [4.78, 5) is 4.53. The van der Waals surface area contributed by atoms with E-state index in [2.05, 4.69) is 22.6 Å². The summed E-state index contributed by atoms with van der Waals surface area (Å²) in [6.07, 6.45) is 0. The first kappa shape index (κ1) is 14.8. The van der Waals surface area contributed by atoms with Crippen molar-refractivity contribution in [2.75, 3.05) is 13.2 Å². The van der Waals surface area contributed by atoms with Crippen molar-refractivity contribution in [3.8, 4) is 11.5 Å². The number of nitrogens with zero attached hydrogens (tertiary/aromatic N) is 1. The van der Waals surface area contributed by atoms with Gasteiger partial charge >= 0.3 is 0 Å². The summed E-state index contributed by atoms with van der Waals surface area (Å²) in [5, 5.41) is 6.30. The molecular formula is C15H20N2O2S. The number of thiazole rings is 1. The normalized spacial score (nSPS) is 10.5. The summed E-state index contributed by atoms with van der Waals surface area (Å²) in [6.45, 7) is 6.91. The van der Waals surface area contributed by atoms with Crippen molar-refractivity contribution in [1.82, 2.24) is 10.3 Å². The number of benzene rings is 1. The summed E-state index contributed by atoms with van der Waals surface area (Å²) in [5.41, 5.74) is 1.06. The Hall–Kier alpha value is -1.59. The fourth-order valence-electron chi connectivity index (χ4n) is 1.73. The van der Waals surface area contributed by atoms with Gasteiger partial charge in [0, 0.05) is 11.9 Å². The van der Waals surface area contributed by atoms with E-state index in [1.807, 2.05) is 31.2 Å². The molecule has 0 saturated heterocycles. The molecule has 0 aliphatic carbocycles. The summed E-state index contributed by atoms with van der Waals surface area (Å²) in [7, 11) is 0. The lowest BCUT2D eigenvalue weighted by Crippen LogP contribution is -2.12. The minimum absolute atomic E-state index is 0.473. The molecule has 4 nitrogen and oxygen atoms in total. The van der Waals surface area contributed by atoms with Crippen molar-refractivity contribution in [2.45, 2.75) is 27.0 Å². The molecule has 2 aromatic rings. The van der Waals surface area contributed by atoms with E-state index in [0.717, 1.165) is 35.3 Å². The maximum Gasteiger partial charge on any atom is 0.161 e. The fraction of sp³-hybridized carbons (Fsp3) is 0.400. The molecule has 0 unspecified atom stereocenters. The highest BCUT2D eigenvalue weighted by molar-refractivity contribution is 7.09. The monoisotopic (exact) mass is 292 g/mol. The Labute approximate surface area is 123 Å². The number of hydrogen-bond donors (Lipinski definition) is 1. The molecular weight excluding hydrogens is 272 g/mol. The van der Waals surface area contributed by atoms with Crippen molar-refractivity contribution in [3.05, 3.63) is 40.3 Å². The van der Waals surface area contributed by atoms with Gasteiger partial charge in [0.25, 0.3) is 0 Å². The molecule has 0 fully saturated rings. The van der Waals surface area contributed by atoms with Gasteiger partial charge in [-0.1, -0.05) is 19.1 Å². The molecule has 0 bridgehead atoms. The van der Waals surface area contributed by atoms with Gasteiger partial charge in [0.05, 0.1) is 12.3 Å². The molecule has 0 radical (unpaired) electrons. The lowest BCUT2D eigenvalue weighted by molar-refractivity contribution is 0.269. The molecule has 1 N–H and O–H groups in total. The van der Waals surface area contributed by atoms with Crippen LogP contribution in [-0.2, 0) is 13.2 Å². The van der Waals surface area contributed by atoms with Crippen LogP contribution >= 0.6 is 11.3 Å². The summed E-state index contributed by atoms with van der Waals surface area (Å²) < 4.78 is 11.3. The predicted molar refractivity (Wildman–Crippen MR) is 81.4 cm³/mol. The standard InChI is InChI=1S/C15H20N2O2S/c1-3-16-9-12-11-20-15(17-12)10-19-14-8-6-5-7-13(14)18-4-2/h5-8,11,16H,3-4,9-10H2,1-2H3. The largest absolute Gasteiger partial charge is 0.490 e. The fourth-order valence-corrected chi connectivity index (χ4v) is 2.44. The summed E-state index contributed by atoms with van der Waals surface area (Å²) in [5.74, 6) is 1.54. The molecule has 0 aliphatic heterocycles. The molecule has 0 spiro atoms. The molecule has 0 amide bonds. The van der Waals surface area contributed by atoms with Gasteiger partial charge in [-0.15, -0.1) is 11.3 Å². The van der Waals surface area contributed by atoms with E-state index in [0.29, 0.717) is 13.2 Å². The molecule has 1 aromatic heterocycles. The molecule has 0 saturated carbocycles. The lowest BCUT2D eigenvalue weighted by atomic mass is 10.3. The minimum Gasteiger partial charge on any atom is -0.490 e. The highest BCUT2D eigenvalue weighted by atomic mass is 32.1. The number of para-hydroxylation sites is 2. The van der Waals surface area contributed by atoms with Gasteiger partial charge < -0.3 is 14.8 Å². The van der Waals surface area contributed by atoms with Crippen molar-refractivity contribution >= 4 is 11.3 Å². The van der Waals surface area contributed by atoms with Crippen LogP contribution in [-0.4, -0.2) is 18.1 Å². The minimum atomic E-state index is 0.473. The van der Waals surface area contributed by atoms with Crippen LogP contribution in [0.4, 0.5) is 0 Å². The number of nitrogens with one attached hydrogen (secondary N) is 1. The van der Waals surface area contributed by atoms with Gasteiger partial charge in [-0.05, 0) is 25.6 Å². The zero-order valence-corrected chi connectivity index (χ0v) is 12.7. The second kappa shape index (κ2) is 7.87. The maximum atomic E-state index is 5.80. The Morgan fingerprint density at radius 1 is 1.15 bits per heavy atom. The van der Waals surface area contributed by atoms with E-state index < -0.39 is 0 Å². The quantitative estimate of drug-likeness (QED) is 0.811. The van der Waals surface area contributed by atoms with Gasteiger partial charge in [0.2, 0.25) is 0 Å². The van der Waals surface area contributed by atoms with E-state index in [1.54, 1.807) is 11.3 Å². The average molecular weight is 292 g/mol. The number of aromatic nitrogens is 1. The molecule has 0 atom stereocenters. The van der Waals surface area contributed by atoms with Crippen LogP contribution in [0.2, 0.25) is 0 Å². The second-order valence-electron chi connectivity index (χ2n) is 4.18. The van der Waals surface area contributed by atoms with Crippen molar-refractivity contribution in [2.24, 2.45) is 0 Å². The third-order valence-electron chi connectivity index (χ3n) is 2.66. The predicted octanol–water partition coefficient (Wildman–Crippen LogP) is 3.23. The van der Waals surface area contributed by atoms with Gasteiger partial charge in [-0.25, -0.2) is 4.98 Å². The number of hydrogen-bond acceptors (Lipinski definition) is 5. The first-order chi connectivity index (χ1) is 9.83. The van der Waals surface area contributed by atoms with Crippen LogP contribution in [0, 0.1) is 0 Å².